The zero-order valence-electron chi connectivity index (χ0n) is 11.5. The van der Waals surface area contributed by atoms with E-state index in [4.69, 9.17) is 0 Å². The molecular weight excluding hydrogens is 272 g/mol. The van der Waals surface area contributed by atoms with E-state index in [1.165, 1.54) is 4.90 Å². The van der Waals surface area contributed by atoms with Crippen LogP contribution >= 0.6 is 11.8 Å². The third-order valence-electron chi connectivity index (χ3n) is 3.87. The third kappa shape index (κ3) is 3.00. The molecular formula is C15H20N2O2S. The quantitative estimate of drug-likeness (QED) is 0.899. The fourth-order valence-corrected chi connectivity index (χ4v) is 3.87. The van der Waals surface area contributed by atoms with Crippen LogP contribution in [0.3, 0.4) is 0 Å². The molecule has 0 bridgehead atoms. The van der Waals surface area contributed by atoms with Crippen molar-refractivity contribution in [3.63, 3.8) is 0 Å². The van der Waals surface area contributed by atoms with Gasteiger partial charge in [0, 0.05) is 23.7 Å². The Hall–Kier alpha value is -1.04. The number of likely N-dealkylation sites (tertiary alicyclic amines) is 1. The number of carbonyl (C=O) groups is 1. The molecule has 3 rings (SSSR count). The highest BCUT2D eigenvalue weighted by Crippen LogP contribution is 2.34. The highest BCUT2D eigenvalue weighted by molar-refractivity contribution is 7.99. The van der Waals surface area contributed by atoms with E-state index in [0.717, 1.165) is 37.4 Å². The standard InChI is InChI=1S/C15H20N2O2S/c18-12-4-3-7-16(10-12)11-15(19)17-8-9-20-14-6-2-1-5-13(14)17/h1-2,5-6,12,18H,3-4,7-11H2. The third-order valence-corrected chi connectivity index (χ3v) is 4.91. The summed E-state index contributed by atoms with van der Waals surface area (Å²) in [5.74, 6) is 1.10. The molecule has 1 aromatic rings. The summed E-state index contributed by atoms with van der Waals surface area (Å²) in [4.78, 5) is 17.7. The Morgan fingerprint density at radius 2 is 2.20 bits per heavy atom. The van der Waals surface area contributed by atoms with Gasteiger partial charge in [-0.05, 0) is 31.5 Å². The van der Waals surface area contributed by atoms with E-state index in [9.17, 15) is 9.90 Å². The smallest absolute Gasteiger partial charge is 0.241 e. The Labute approximate surface area is 123 Å². The van der Waals surface area contributed by atoms with Crippen LogP contribution in [0.1, 0.15) is 12.8 Å². The summed E-state index contributed by atoms with van der Waals surface area (Å²) in [5, 5.41) is 9.69. The molecule has 1 aromatic carbocycles. The number of benzene rings is 1. The van der Waals surface area contributed by atoms with Crippen LogP contribution < -0.4 is 4.90 Å². The molecule has 20 heavy (non-hydrogen) atoms. The Morgan fingerprint density at radius 3 is 3.05 bits per heavy atom. The van der Waals surface area contributed by atoms with Crippen LogP contribution in [0.25, 0.3) is 0 Å². The number of β-amino-alcohol motifs (C(OH)–C–C–N with tert-alkyl or cyclic N) is 1. The molecule has 0 radical (unpaired) electrons. The summed E-state index contributed by atoms with van der Waals surface area (Å²) in [7, 11) is 0. The Balaban J connectivity index is 1.69. The number of aliphatic hydroxyl groups excluding tert-OH is 1. The van der Waals surface area contributed by atoms with Gasteiger partial charge in [0.2, 0.25) is 5.91 Å². The number of anilines is 1. The van der Waals surface area contributed by atoms with E-state index in [-0.39, 0.29) is 12.0 Å². The van der Waals surface area contributed by atoms with Gasteiger partial charge in [-0.2, -0.15) is 0 Å². The molecule has 0 saturated carbocycles. The Bertz CT molecular complexity index is 495. The van der Waals surface area contributed by atoms with Crippen LogP contribution in [0, 0.1) is 0 Å². The van der Waals surface area contributed by atoms with Crippen molar-refractivity contribution in [2.75, 3.05) is 36.8 Å². The molecule has 0 spiro atoms. The van der Waals surface area contributed by atoms with Gasteiger partial charge in [-0.15, -0.1) is 11.8 Å². The van der Waals surface area contributed by atoms with Crippen molar-refractivity contribution in [2.24, 2.45) is 0 Å². The molecule has 1 fully saturated rings. The first-order valence-electron chi connectivity index (χ1n) is 7.16. The lowest BCUT2D eigenvalue weighted by molar-refractivity contribution is -0.120. The second-order valence-corrected chi connectivity index (χ2v) is 6.53. The Kier molecular flexibility index (Phi) is 4.29. The number of aliphatic hydroxyl groups is 1. The first-order valence-corrected chi connectivity index (χ1v) is 8.15. The molecule has 1 saturated heterocycles. The molecule has 5 heteroatoms. The minimum atomic E-state index is -0.277. The molecule has 0 aromatic heterocycles. The second kappa shape index (κ2) is 6.16. The van der Waals surface area contributed by atoms with Crippen LogP contribution in [-0.2, 0) is 4.79 Å². The number of piperidine rings is 1. The van der Waals surface area contributed by atoms with Crippen molar-refractivity contribution in [1.29, 1.82) is 0 Å². The highest BCUT2D eigenvalue weighted by Gasteiger charge is 2.26. The molecule has 4 nitrogen and oxygen atoms in total. The van der Waals surface area contributed by atoms with Crippen LogP contribution in [-0.4, -0.2) is 53.9 Å². The highest BCUT2D eigenvalue weighted by atomic mass is 32.2. The number of fused-ring (bicyclic) bond motifs is 1. The van der Waals surface area contributed by atoms with Gasteiger partial charge in [-0.3, -0.25) is 9.69 Å². The summed E-state index contributed by atoms with van der Waals surface area (Å²) in [6.07, 6.45) is 1.55. The fourth-order valence-electron chi connectivity index (χ4n) is 2.88. The lowest BCUT2D eigenvalue weighted by Gasteiger charge is -2.33. The number of nitrogens with zero attached hydrogens (tertiary/aromatic N) is 2. The molecule has 108 valence electrons. The average Bonchev–Trinajstić information content (AvgIpc) is 2.46. The van der Waals surface area contributed by atoms with Gasteiger partial charge in [-0.25, -0.2) is 0 Å². The normalized spacial score (nSPS) is 23.4. The number of hydrogen-bond acceptors (Lipinski definition) is 4. The molecule has 2 aliphatic rings. The lowest BCUT2D eigenvalue weighted by Crippen LogP contribution is -2.46. The first kappa shape index (κ1) is 13.9. The molecule has 1 atom stereocenters. The minimum Gasteiger partial charge on any atom is -0.392 e. The van der Waals surface area contributed by atoms with E-state index >= 15 is 0 Å². The van der Waals surface area contributed by atoms with E-state index in [2.05, 4.69) is 11.0 Å². The molecule has 2 aliphatic heterocycles. The molecule has 1 unspecified atom stereocenters. The Morgan fingerprint density at radius 1 is 1.35 bits per heavy atom. The van der Waals surface area contributed by atoms with Crippen LogP contribution in [0.2, 0.25) is 0 Å². The summed E-state index contributed by atoms with van der Waals surface area (Å²) < 4.78 is 0. The summed E-state index contributed by atoms with van der Waals surface area (Å²) in [6, 6.07) is 8.09. The zero-order chi connectivity index (χ0) is 13.9. The number of thioether (sulfide) groups is 1. The van der Waals surface area contributed by atoms with Gasteiger partial charge in [0.1, 0.15) is 0 Å². The number of carbonyl (C=O) groups excluding carboxylic acids is 1. The molecule has 1 N–H and O–H groups in total. The van der Waals surface area contributed by atoms with Crippen molar-refractivity contribution in [1.82, 2.24) is 4.90 Å². The van der Waals surface area contributed by atoms with E-state index < -0.39 is 0 Å². The summed E-state index contributed by atoms with van der Waals surface area (Å²) >= 11 is 1.81. The largest absolute Gasteiger partial charge is 0.392 e. The number of hydrogen-bond donors (Lipinski definition) is 1. The summed E-state index contributed by atoms with van der Waals surface area (Å²) in [5.41, 5.74) is 1.03. The fraction of sp³-hybridized carbons (Fsp3) is 0.533. The number of para-hydroxylation sites is 1. The van der Waals surface area contributed by atoms with E-state index in [0.29, 0.717) is 13.1 Å². The SMILES string of the molecule is O=C(CN1CCCC(O)C1)N1CCSc2ccccc21. The monoisotopic (exact) mass is 292 g/mol. The maximum absolute atomic E-state index is 12.5. The summed E-state index contributed by atoms with van der Waals surface area (Å²) in [6.45, 7) is 2.72. The van der Waals surface area contributed by atoms with Gasteiger partial charge in [0.25, 0.3) is 0 Å². The van der Waals surface area contributed by atoms with Crippen molar-refractivity contribution in [3.05, 3.63) is 24.3 Å². The zero-order valence-corrected chi connectivity index (χ0v) is 12.3. The van der Waals surface area contributed by atoms with E-state index in [1.54, 1.807) is 0 Å². The topological polar surface area (TPSA) is 43.8 Å². The van der Waals surface area contributed by atoms with Crippen LogP contribution in [0.15, 0.2) is 29.2 Å². The van der Waals surface area contributed by atoms with Gasteiger partial charge in [0.05, 0.1) is 18.3 Å². The molecule has 2 heterocycles. The average molecular weight is 292 g/mol. The van der Waals surface area contributed by atoms with Crippen molar-refractivity contribution >= 4 is 23.4 Å². The van der Waals surface area contributed by atoms with Crippen molar-refractivity contribution in [3.8, 4) is 0 Å². The van der Waals surface area contributed by atoms with Gasteiger partial charge < -0.3 is 10.0 Å². The van der Waals surface area contributed by atoms with E-state index in [1.807, 2.05) is 34.9 Å². The number of amides is 1. The van der Waals surface area contributed by atoms with Crippen molar-refractivity contribution in [2.45, 2.75) is 23.8 Å². The predicted molar refractivity (Wildman–Crippen MR) is 81.2 cm³/mol. The number of rotatable bonds is 2. The molecule has 1 amide bonds. The van der Waals surface area contributed by atoms with Gasteiger partial charge in [-0.1, -0.05) is 12.1 Å². The van der Waals surface area contributed by atoms with Crippen LogP contribution in [0.4, 0.5) is 5.69 Å². The van der Waals surface area contributed by atoms with Gasteiger partial charge in [0.15, 0.2) is 0 Å². The van der Waals surface area contributed by atoms with Crippen molar-refractivity contribution < 1.29 is 9.90 Å². The maximum Gasteiger partial charge on any atom is 0.241 e. The molecule has 0 aliphatic carbocycles. The lowest BCUT2D eigenvalue weighted by atomic mass is 10.1. The second-order valence-electron chi connectivity index (χ2n) is 5.39. The predicted octanol–water partition coefficient (Wildman–Crippen LogP) is 1.58. The van der Waals surface area contributed by atoms with Gasteiger partial charge >= 0.3 is 0 Å². The maximum atomic E-state index is 12.5. The minimum absolute atomic E-state index is 0.145. The van der Waals surface area contributed by atoms with Crippen LogP contribution in [0.5, 0.6) is 0 Å². The first-order chi connectivity index (χ1) is 9.74.